The van der Waals surface area contributed by atoms with Gasteiger partial charge in [-0.1, -0.05) is 36.5 Å². The molecule has 2 amide bonds. The van der Waals surface area contributed by atoms with Gasteiger partial charge in [0, 0.05) is 11.1 Å². The van der Waals surface area contributed by atoms with Gasteiger partial charge in [-0.25, -0.2) is 0 Å². The second-order valence-electron chi connectivity index (χ2n) is 5.93. The first-order valence-corrected chi connectivity index (χ1v) is 9.62. The number of carbonyl (C=O) groups excluding carboxylic acids is 2. The highest BCUT2D eigenvalue weighted by Gasteiger charge is 2.17. The van der Waals surface area contributed by atoms with Crippen molar-refractivity contribution in [2.45, 2.75) is 26.7 Å². The maximum absolute atomic E-state index is 12.7. The van der Waals surface area contributed by atoms with E-state index in [9.17, 15) is 9.59 Å². The van der Waals surface area contributed by atoms with Crippen LogP contribution in [0.1, 0.15) is 47.4 Å². The standard InChI is InChI=1S/C20H22Cl2N2O4/c1-3-5-8-28-18-15(22)9-13(11-17(18)27-4-2)20(26)24-16-10-12(19(23)25)6-7-14(16)21/h6-7,9-11H,3-5,8H2,1-2H3,(H2,23,25)(H,24,26). The lowest BCUT2D eigenvalue weighted by molar-refractivity contribution is 0.0996. The Labute approximate surface area is 173 Å². The number of benzene rings is 2. The van der Waals surface area contributed by atoms with Crippen LogP contribution in [0.5, 0.6) is 11.5 Å². The third-order valence-electron chi connectivity index (χ3n) is 3.81. The Bertz CT molecular complexity index is 872. The Kier molecular flexibility index (Phi) is 7.96. The lowest BCUT2D eigenvalue weighted by Crippen LogP contribution is -2.15. The molecule has 0 saturated heterocycles. The number of halogens is 2. The van der Waals surface area contributed by atoms with Crippen LogP contribution in [0, 0.1) is 0 Å². The average molecular weight is 425 g/mol. The smallest absolute Gasteiger partial charge is 0.255 e. The number of carbonyl (C=O) groups is 2. The molecule has 2 aromatic rings. The normalized spacial score (nSPS) is 10.4. The maximum atomic E-state index is 12.7. The molecule has 0 radical (unpaired) electrons. The van der Waals surface area contributed by atoms with E-state index in [4.69, 9.17) is 38.4 Å². The number of primary amides is 1. The van der Waals surface area contributed by atoms with Crippen molar-refractivity contribution in [3.63, 3.8) is 0 Å². The third-order valence-corrected chi connectivity index (χ3v) is 4.43. The van der Waals surface area contributed by atoms with Gasteiger partial charge in [0.1, 0.15) is 0 Å². The minimum atomic E-state index is -0.623. The Morgan fingerprint density at radius 2 is 1.79 bits per heavy atom. The van der Waals surface area contributed by atoms with E-state index in [2.05, 4.69) is 12.2 Å². The van der Waals surface area contributed by atoms with Crippen LogP contribution in [-0.2, 0) is 0 Å². The van der Waals surface area contributed by atoms with Crippen LogP contribution in [0.3, 0.4) is 0 Å². The number of hydrogen-bond acceptors (Lipinski definition) is 4. The highest BCUT2D eigenvalue weighted by atomic mass is 35.5. The molecule has 28 heavy (non-hydrogen) atoms. The minimum absolute atomic E-state index is 0.229. The van der Waals surface area contributed by atoms with Gasteiger partial charge in [0.2, 0.25) is 5.91 Å². The molecule has 6 nitrogen and oxygen atoms in total. The van der Waals surface area contributed by atoms with Gasteiger partial charge in [0.25, 0.3) is 5.91 Å². The van der Waals surface area contributed by atoms with Crippen molar-refractivity contribution in [3.8, 4) is 11.5 Å². The Morgan fingerprint density at radius 3 is 2.43 bits per heavy atom. The number of unbranched alkanes of at least 4 members (excludes halogenated alkanes) is 1. The van der Waals surface area contributed by atoms with E-state index in [1.165, 1.54) is 24.3 Å². The predicted octanol–water partition coefficient (Wildman–Crippen LogP) is 4.92. The topological polar surface area (TPSA) is 90.6 Å². The number of rotatable bonds is 9. The first-order valence-electron chi connectivity index (χ1n) is 8.87. The fourth-order valence-corrected chi connectivity index (χ4v) is 2.82. The van der Waals surface area contributed by atoms with E-state index >= 15 is 0 Å². The Hall–Kier alpha value is -2.44. The summed E-state index contributed by atoms with van der Waals surface area (Å²) in [7, 11) is 0. The van der Waals surface area contributed by atoms with Gasteiger partial charge in [-0.15, -0.1) is 0 Å². The van der Waals surface area contributed by atoms with Crippen molar-refractivity contribution in [1.29, 1.82) is 0 Å². The van der Waals surface area contributed by atoms with Crippen LogP contribution in [0.15, 0.2) is 30.3 Å². The highest BCUT2D eigenvalue weighted by Crippen LogP contribution is 2.37. The van der Waals surface area contributed by atoms with Gasteiger partial charge in [0.15, 0.2) is 11.5 Å². The number of ether oxygens (including phenoxy) is 2. The number of amides is 2. The summed E-state index contributed by atoms with van der Waals surface area (Å²) in [5.41, 5.74) is 6.03. The summed E-state index contributed by atoms with van der Waals surface area (Å²) < 4.78 is 11.3. The summed E-state index contributed by atoms with van der Waals surface area (Å²) in [6.07, 6.45) is 1.85. The molecule has 0 aliphatic heterocycles. The Balaban J connectivity index is 2.30. The van der Waals surface area contributed by atoms with Gasteiger partial charge < -0.3 is 20.5 Å². The molecule has 2 aromatic carbocycles. The van der Waals surface area contributed by atoms with Gasteiger partial charge >= 0.3 is 0 Å². The molecule has 150 valence electrons. The quantitative estimate of drug-likeness (QED) is 0.558. The van der Waals surface area contributed by atoms with E-state index in [1.807, 2.05) is 6.92 Å². The second kappa shape index (κ2) is 10.2. The van der Waals surface area contributed by atoms with Crippen LogP contribution in [0.25, 0.3) is 0 Å². The number of hydrogen-bond donors (Lipinski definition) is 2. The minimum Gasteiger partial charge on any atom is -0.490 e. The molecular formula is C20H22Cl2N2O4. The summed E-state index contributed by atoms with van der Waals surface area (Å²) in [6.45, 7) is 4.77. The van der Waals surface area contributed by atoms with Crippen LogP contribution in [-0.4, -0.2) is 25.0 Å². The molecule has 0 heterocycles. The summed E-state index contributed by atoms with van der Waals surface area (Å²) in [5, 5.41) is 3.20. The van der Waals surface area contributed by atoms with Crippen molar-refractivity contribution in [2.75, 3.05) is 18.5 Å². The third kappa shape index (κ3) is 5.53. The lowest BCUT2D eigenvalue weighted by atomic mass is 10.1. The largest absolute Gasteiger partial charge is 0.490 e. The zero-order chi connectivity index (χ0) is 20.7. The Morgan fingerprint density at radius 1 is 1.04 bits per heavy atom. The van der Waals surface area contributed by atoms with Crippen molar-refractivity contribution >= 4 is 40.7 Å². The fraction of sp³-hybridized carbons (Fsp3) is 0.300. The molecule has 0 aliphatic rings. The lowest BCUT2D eigenvalue weighted by Gasteiger charge is -2.15. The summed E-state index contributed by atoms with van der Waals surface area (Å²) >= 11 is 12.4. The SMILES string of the molecule is CCCCOc1c(Cl)cc(C(=O)Nc2cc(C(N)=O)ccc2Cl)cc1OCC. The number of nitrogens with two attached hydrogens (primary N) is 1. The molecule has 0 fully saturated rings. The van der Waals surface area contributed by atoms with E-state index < -0.39 is 11.8 Å². The first kappa shape index (κ1) is 21.9. The van der Waals surface area contributed by atoms with Crippen LogP contribution < -0.4 is 20.5 Å². The summed E-state index contributed by atoms with van der Waals surface area (Å²) in [5.74, 6) is -0.301. The molecule has 0 spiro atoms. The molecule has 3 N–H and O–H groups in total. The average Bonchev–Trinajstić information content (AvgIpc) is 2.65. The molecule has 0 aromatic heterocycles. The molecule has 0 bridgehead atoms. The van der Waals surface area contributed by atoms with E-state index in [0.717, 1.165) is 12.8 Å². The highest BCUT2D eigenvalue weighted by molar-refractivity contribution is 6.34. The van der Waals surface area contributed by atoms with Crippen molar-refractivity contribution in [2.24, 2.45) is 5.73 Å². The first-order chi connectivity index (χ1) is 13.4. The molecule has 0 atom stereocenters. The van der Waals surface area contributed by atoms with Crippen LogP contribution >= 0.6 is 23.2 Å². The molecule has 0 unspecified atom stereocenters. The molecule has 0 saturated carbocycles. The summed E-state index contributed by atoms with van der Waals surface area (Å²) in [6, 6.07) is 7.42. The molecule has 8 heteroatoms. The van der Waals surface area contributed by atoms with Gasteiger partial charge in [0.05, 0.1) is 28.9 Å². The van der Waals surface area contributed by atoms with Gasteiger partial charge in [-0.3, -0.25) is 9.59 Å². The van der Waals surface area contributed by atoms with Crippen molar-refractivity contribution < 1.29 is 19.1 Å². The molecular weight excluding hydrogens is 403 g/mol. The van der Waals surface area contributed by atoms with Crippen LogP contribution in [0.4, 0.5) is 5.69 Å². The van der Waals surface area contributed by atoms with Crippen LogP contribution in [0.2, 0.25) is 10.0 Å². The van der Waals surface area contributed by atoms with E-state index in [1.54, 1.807) is 6.07 Å². The monoisotopic (exact) mass is 424 g/mol. The summed E-state index contributed by atoms with van der Waals surface area (Å²) in [4.78, 5) is 24.0. The molecule has 0 aliphatic carbocycles. The number of anilines is 1. The maximum Gasteiger partial charge on any atom is 0.255 e. The van der Waals surface area contributed by atoms with Crippen molar-refractivity contribution in [1.82, 2.24) is 0 Å². The van der Waals surface area contributed by atoms with Gasteiger partial charge in [-0.05, 0) is 43.7 Å². The number of nitrogens with one attached hydrogen (secondary N) is 1. The van der Waals surface area contributed by atoms with E-state index in [0.29, 0.717) is 24.7 Å². The van der Waals surface area contributed by atoms with E-state index in [-0.39, 0.29) is 26.9 Å². The second-order valence-corrected chi connectivity index (χ2v) is 6.75. The van der Waals surface area contributed by atoms with Gasteiger partial charge in [-0.2, -0.15) is 0 Å². The van der Waals surface area contributed by atoms with Crippen molar-refractivity contribution in [3.05, 3.63) is 51.5 Å². The zero-order valence-corrected chi connectivity index (χ0v) is 17.2. The predicted molar refractivity (Wildman–Crippen MR) is 111 cm³/mol. The fourth-order valence-electron chi connectivity index (χ4n) is 2.39. The molecule has 2 rings (SSSR count). The zero-order valence-electron chi connectivity index (χ0n) is 15.7.